The maximum atomic E-state index is 5.42. The third-order valence-corrected chi connectivity index (χ3v) is 3.73. The van der Waals surface area contributed by atoms with Crippen molar-refractivity contribution in [3.63, 3.8) is 0 Å². The molecule has 0 fully saturated rings. The Bertz CT molecular complexity index is 442. The molecular weight excluding hydrogens is 338 g/mol. The summed E-state index contributed by atoms with van der Waals surface area (Å²) < 4.78 is 22.1. The lowest BCUT2D eigenvalue weighted by molar-refractivity contribution is 0.0688. The lowest BCUT2D eigenvalue weighted by atomic mass is 10.2. The maximum Gasteiger partial charge on any atom is 0.231 e. The molecule has 5 nitrogen and oxygen atoms in total. The van der Waals surface area contributed by atoms with Gasteiger partial charge in [-0.25, -0.2) is 0 Å². The molecule has 2 rings (SSSR count). The normalized spacial score (nSPS) is 12.9. The third-order valence-electron chi connectivity index (χ3n) is 3.14. The standard InChI is InChI=1S/C15H22BrNO4/c1-18-6-7-19-5-3-2-4-17-10-12-8-13(16)15-14(9-12)20-11-21-15/h8-9,17H,2-7,10-11H2,1H3. The third kappa shape index (κ3) is 5.47. The number of ether oxygens (including phenoxy) is 4. The van der Waals surface area contributed by atoms with E-state index in [-0.39, 0.29) is 0 Å². The van der Waals surface area contributed by atoms with E-state index in [4.69, 9.17) is 18.9 Å². The van der Waals surface area contributed by atoms with Gasteiger partial charge in [-0.05, 0) is 53.0 Å². The summed E-state index contributed by atoms with van der Waals surface area (Å²) in [7, 11) is 1.68. The summed E-state index contributed by atoms with van der Waals surface area (Å²) in [6.45, 7) is 4.22. The quantitative estimate of drug-likeness (QED) is 0.651. The first-order valence-corrected chi connectivity index (χ1v) is 7.96. The van der Waals surface area contributed by atoms with E-state index in [0.717, 1.165) is 48.5 Å². The van der Waals surface area contributed by atoms with Gasteiger partial charge in [-0.3, -0.25) is 0 Å². The largest absolute Gasteiger partial charge is 0.454 e. The summed E-state index contributed by atoms with van der Waals surface area (Å²) in [5.74, 6) is 1.61. The monoisotopic (exact) mass is 359 g/mol. The van der Waals surface area contributed by atoms with E-state index in [1.54, 1.807) is 7.11 Å². The van der Waals surface area contributed by atoms with Crippen LogP contribution in [0.15, 0.2) is 16.6 Å². The smallest absolute Gasteiger partial charge is 0.231 e. The van der Waals surface area contributed by atoms with Crippen molar-refractivity contribution in [3.05, 3.63) is 22.2 Å². The second kappa shape index (κ2) is 9.25. The van der Waals surface area contributed by atoms with E-state index in [0.29, 0.717) is 20.0 Å². The zero-order chi connectivity index (χ0) is 14.9. The van der Waals surface area contributed by atoms with Gasteiger partial charge in [0.15, 0.2) is 11.5 Å². The molecule has 1 heterocycles. The Kier molecular flexibility index (Phi) is 7.29. The first-order chi connectivity index (χ1) is 10.3. The lowest BCUT2D eigenvalue weighted by Gasteiger charge is -2.07. The molecule has 1 aliphatic heterocycles. The first kappa shape index (κ1) is 16.5. The van der Waals surface area contributed by atoms with Crippen molar-refractivity contribution in [3.8, 4) is 11.5 Å². The maximum absolute atomic E-state index is 5.42. The number of rotatable bonds is 10. The molecule has 118 valence electrons. The van der Waals surface area contributed by atoms with Crippen molar-refractivity contribution >= 4 is 15.9 Å². The molecule has 1 aromatic carbocycles. The van der Waals surface area contributed by atoms with Crippen LogP contribution in [0.4, 0.5) is 0 Å². The SMILES string of the molecule is COCCOCCCCNCc1cc(Br)c2c(c1)OCO2. The Morgan fingerprint density at radius 3 is 2.95 bits per heavy atom. The van der Waals surface area contributed by atoms with Crippen LogP contribution in [0.25, 0.3) is 0 Å². The summed E-state index contributed by atoms with van der Waals surface area (Å²) in [5.41, 5.74) is 1.18. The van der Waals surface area contributed by atoms with Crippen molar-refractivity contribution in [2.75, 3.05) is 40.3 Å². The Morgan fingerprint density at radius 2 is 2.10 bits per heavy atom. The van der Waals surface area contributed by atoms with Crippen LogP contribution in [-0.2, 0) is 16.0 Å². The van der Waals surface area contributed by atoms with Gasteiger partial charge < -0.3 is 24.3 Å². The lowest BCUT2D eigenvalue weighted by Crippen LogP contribution is -2.15. The molecule has 0 radical (unpaired) electrons. The summed E-state index contributed by atoms with van der Waals surface area (Å²) in [5, 5.41) is 3.42. The Labute approximate surface area is 134 Å². The van der Waals surface area contributed by atoms with Crippen molar-refractivity contribution < 1.29 is 18.9 Å². The molecule has 1 aromatic rings. The zero-order valence-electron chi connectivity index (χ0n) is 12.3. The second-order valence-corrected chi connectivity index (χ2v) is 5.65. The Morgan fingerprint density at radius 1 is 1.19 bits per heavy atom. The average Bonchev–Trinajstić information content (AvgIpc) is 2.94. The van der Waals surface area contributed by atoms with Gasteiger partial charge in [-0.15, -0.1) is 0 Å². The number of nitrogens with one attached hydrogen (secondary N) is 1. The highest BCUT2D eigenvalue weighted by atomic mass is 79.9. The van der Waals surface area contributed by atoms with Gasteiger partial charge in [-0.2, -0.15) is 0 Å². The molecule has 0 amide bonds. The van der Waals surface area contributed by atoms with E-state index < -0.39 is 0 Å². The molecule has 1 aliphatic rings. The minimum atomic E-state index is 0.299. The molecule has 1 N–H and O–H groups in total. The fraction of sp³-hybridized carbons (Fsp3) is 0.600. The molecule has 0 aliphatic carbocycles. The minimum Gasteiger partial charge on any atom is -0.454 e. The number of benzene rings is 1. The van der Waals surface area contributed by atoms with Crippen LogP contribution < -0.4 is 14.8 Å². The summed E-state index contributed by atoms with van der Waals surface area (Å²) in [6.07, 6.45) is 2.15. The number of hydrogen-bond donors (Lipinski definition) is 1. The van der Waals surface area contributed by atoms with Gasteiger partial charge in [0, 0.05) is 20.3 Å². The van der Waals surface area contributed by atoms with Crippen LogP contribution in [0.3, 0.4) is 0 Å². The predicted octanol–water partition coefficient (Wildman–Crippen LogP) is 2.71. The number of methoxy groups -OCH3 is 1. The molecule has 0 unspecified atom stereocenters. The Balaban J connectivity index is 1.58. The van der Waals surface area contributed by atoms with Crippen molar-refractivity contribution in [1.82, 2.24) is 5.32 Å². The number of halogens is 1. The number of unbranched alkanes of at least 4 members (excludes halogenated alkanes) is 1. The fourth-order valence-electron chi connectivity index (χ4n) is 2.05. The first-order valence-electron chi connectivity index (χ1n) is 7.16. The van der Waals surface area contributed by atoms with Crippen LogP contribution in [0.5, 0.6) is 11.5 Å². The van der Waals surface area contributed by atoms with Gasteiger partial charge in [0.05, 0.1) is 17.7 Å². The molecule has 0 spiro atoms. The predicted molar refractivity (Wildman–Crippen MR) is 83.9 cm³/mol. The molecule has 0 saturated carbocycles. The second-order valence-electron chi connectivity index (χ2n) is 4.80. The van der Waals surface area contributed by atoms with E-state index in [2.05, 4.69) is 27.3 Å². The van der Waals surface area contributed by atoms with E-state index >= 15 is 0 Å². The Hall–Kier alpha value is -0.820. The van der Waals surface area contributed by atoms with E-state index in [1.165, 1.54) is 5.56 Å². The molecular formula is C15H22BrNO4. The molecule has 0 saturated heterocycles. The molecule has 0 bridgehead atoms. The van der Waals surface area contributed by atoms with Crippen molar-refractivity contribution in [2.45, 2.75) is 19.4 Å². The topological polar surface area (TPSA) is 49.0 Å². The van der Waals surface area contributed by atoms with Crippen LogP contribution in [0.2, 0.25) is 0 Å². The molecule has 0 aromatic heterocycles. The van der Waals surface area contributed by atoms with Crippen LogP contribution in [0, 0.1) is 0 Å². The van der Waals surface area contributed by atoms with Crippen LogP contribution in [-0.4, -0.2) is 40.3 Å². The zero-order valence-corrected chi connectivity index (χ0v) is 13.9. The van der Waals surface area contributed by atoms with Crippen LogP contribution in [0.1, 0.15) is 18.4 Å². The number of hydrogen-bond acceptors (Lipinski definition) is 5. The van der Waals surface area contributed by atoms with Gasteiger partial charge >= 0.3 is 0 Å². The fourth-order valence-corrected chi connectivity index (χ4v) is 2.66. The van der Waals surface area contributed by atoms with E-state index in [9.17, 15) is 0 Å². The molecule has 6 heteroatoms. The summed E-state index contributed by atoms with van der Waals surface area (Å²) in [4.78, 5) is 0. The highest BCUT2D eigenvalue weighted by molar-refractivity contribution is 9.10. The van der Waals surface area contributed by atoms with Gasteiger partial charge in [0.25, 0.3) is 0 Å². The van der Waals surface area contributed by atoms with Gasteiger partial charge in [-0.1, -0.05) is 0 Å². The summed E-state index contributed by atoms with van der Waals surface area (Å²) >= 11 is 3.50. The highest BCUT2D eigenvalue weighted by Crippen LogP contribution is 2.39. The number of fused-ring (bicyclic) bond motifs is 1. The summed E-state index contributed by atoms with van der Waals surface area (Å²) in [6, 6.07) is 4.09. The molecule has 0 atom stereocenters. The van der Waals surface area contributed by atoms with E-state index in [1.807, 2.05) is 6.07 Å². The van der Waals surface area contributed by atoms with Crippen molar-refractivity contribution in [1.29, 1.82) is 0 Å². The average molecular weight is 360 g/mol. The van der Waals surface area contributed by atoms with Crippen LogP contribution >= 0.6 is 15.9 Å². The highest BCUT2D eigenvalue weighted by Gasteiger charge is 2.17. The van der Waals surface area contributed by atoms with Gasteiger partial charge in [0.1, 0.15) is 0 Å². The minimum absolute atomic E-state index is 0.299. The molecule has 21 heavy (non-hydrogen) atoms. The van der Waals surface area contributed by atoms with Crippen molar-refractivity contribution in [2.24, 2.45) is 0 Å². The van der Waals surface area contributed by atoms with Gasteiger partial charge in [0.2, 0.25) is 6.79 Å².